The van der Waals surface area contributed by atoms with Gasteiger partial charge in [0.2, 0.25) is 5.91 Å². The fourth-order valence-corrected chi connectivity index (χ4v) is 4.31. The molecule has 0 aliphatic carbocycles. The summed E-state index contributed by atoms with van der Waals surface area (Å²) in [6.07, 6.45) is 5.84. The molecular weight excluding hydrogens is 441 g/mol. The van der Waals surface area contributed by atoms with Crippen LogP contribution in [0.3, 0.4) is 0 Å². The maximum Gasteiger partial charge on any atom is 0.261 e. The van der Waals surface area contributed by atoms with Crippen molar-refractivity contribution in [1.82, 2.24) is 19.7 Å². The average Bonchev–Trinajstić information content (AvgIpc) is 3.47. The molecule has 2 N–H and O–H groups in total. The van der Waals surface area contributed by atoms with Gasteiger partial charge in [-0.1, -0.05) is 30.3 Å². The monoisotopic (exact) mass is 457 g/mol. The Hall–Kier alpha value is -4.37. The summed E-state index contributed by atoms with van der Waals surface area (Å²) in [5.41, 5.74) is 1.71. The lowest BCUT2D eigenvalue weighted by molar-refractivity contribution is -0.111. The number of carbonyl (C=O) groups excluding carboxylic acids is 1. The first-order chi connectivity index (χ1) is 16.1. The molecule has 162 valence electrons. The largest absolute Gasteiger partial charge is 0.321 e. The number of amides is 1. The van der Waals surface area contributed by atoms with Crippen molar-refractivity contribution in [2.24, 2.45) is 0 Å². The maximum absolute atomic E-state index is 14.0. The van der Waals surface area contributed by atoms with Gasteiger partial charge in [-0.2, -0.15) is 5.10 Å². The predicted octanol–water partition coefficient (Wildman–Crippen LogP) is 4.63. The molecule has 0 radical (unpaired) electrons. The Bertz CT molecular complexity index is 1570. The highest BCUT2D eigenvalue weighted by Gasteiger charge is 2.13. The third-order valence-electron chi connectivity index (χ3n) is 4.93. The molecular formula is C24H16FN5O2S. The van der Waals surface area contributed by atoms with Crippen molar-refractivity contribution in [2.75, 3.05) is 5.32 Å². The smallest absolute Gasteiger partial charge is 0.261 e. The molecule has 0 saturated carbocycles. The molecule has 33 heavy (non-hydrogen) atoms. The predicted molar refractivity (Wildman–Crippen MR) is 127 cm³/mol. The van der Waals surface area contributed by atoms with Gasteiger partial charge in [-0.25, -0.2) is 14.1 Å². The highest BCUT2D eigenvalue weighted by Crippen LogP contribution is 2.30. The summed E-state index contributed by atoms with van der Waals surface area (Å²) >= 11 is 1.39. The summed E-state index contributed by atoms with van der Waals surface area (Å²) in [5, 5.41) is 7.45. The molecule has 1 amide bonds. The average molecular weight is 457 g/mol. The van der Waals surface area contributed by atoms with E-state index < -0.39 is 0 Å². The maximum atomic E-state index is 14.0. The van der Waals surface area contributed by atoms with Gasteiger partial charge < -0.3 is 10.3 Å². The van der Waals surface area contributed by atoms with E-state index in [1.807, 2.05) is 12.1 Å². The van der Waals surface area contributed by atoms with Crippen LogP contribution in [0.15, 0.2) is 84.1 Å². The summed E-state index contributed by atoms with van der Waals surface area (Å²) in [6.45, 7) is 0. The molecule has 0 fully saturated rings. The first-order valence-corrected chi connectivity index (χ1v) is 10.8. The Morgan fingerprint density at radius 1 is 1.09 bits per heavy atom. The van der Waals surface area contributed by atoms with Gasteiger partial charge in [-0.3, -0.25) is 9.59 Å². The Balaban J connectivity index is 1.37. The van der Waals surface area contributed by atoms with Gasteiger partial charge in [0.15, 0.2) is 5.65 Å². The second-order valence-electron chi connectivity index (χ2n) is 7.05. The number of aromatic amines is 1. The molecule has 5 aromatic rings. The molecule has 0 spiro atoms. The van der Waals surface area contributed by atoms with Crippen LogP contribution >= 0.6 is 11.3 Å². The Morgan fingerprint density at radius 2 is 1.91 bits per heavy atom. The molecule has 0 aliphatic rings. The number of nitrogens with zero attached hydrogens (tertiary/aromatic N) is 3. The number of rotatable bonds is 5. The molecule has 3 aromatic heterocycles. The van der Waals surface area contributed by atoms with E-state index in [0.29, 0.717) is 28.0 Å². The van der Waals surface area contributed by atoms with Gasteiger partial charge in [0.25, 0.3) is 5.56 Å². The zero-order valence-electron chi connectivity index (χ0n) is 17.0. The molecule has 2 aromatic carbocycles. The molecule has 5 rings (SSSR count). The molecule has 0 aliphatic heterocycles. The minimum atomic E-state index is -0.342. The third kappa shape index (κ3) is 4.09. The van der Waals surface area contributed by atoms with Crippen LogP contribution in [0, 0.1) is 5.82 Å². The lowest BCUT2D eigenvalue weighted by Gasteiger charge is -2.10. The number of para-hydroxylation sites is 2. The van der Waals surface area contributed by atoms with Gasteiger partial charge in [0, 0.05) is 21.4 Å². The summed E-state index contributed by atoms with van der Waals surface area (Å²) < 4.78 is 15.5. The number of anilines is 1. The number of hydrogen-bond acceptors (Lipinski definition) is 5. The standard InChI is InChI=1S/C24H16FN5O2S/c25-18-6-2-1-5-16(18)21-11-9-15(33-21)10-12-22(31)29-19-7-3-4-8-20(19)30-23-17(13-28-30)24(32)27-14-26-23/h1-14H,(H,29,31)(H,26,27,32)/b12-10+. The van der Waals surface area contributed by atoms with E-state index in [4.69, 9.17) is 0 Å². The van der Waals surface area contributed by atoms with E-state index in [-0.39, 0.29) is 17.3 Å². The summed E-state index contributed by atoms with van der Waals surface area (Å²) in [7, 11) is 0. The van der Waals surface area contributed by atoms with Gasteiger partial charge in [-0.15, -0.1) is 11.3 Å². The van der Waals surface area contributed by atoms with Crippen molar-refractivity contribution in [3.8, 4) is 16.1 Å². The van der Waals surface area contributed by atoms with Crippen LogP contribution in [-0.4, -0.2) is 25.7 Å². The number of halogens is 1. The number of thiophene rings is 1. The second kappa shape index (κ2) is 8.64. The molecule has 7 nitrogen and oxygen atoms in total. The Kier molecular flexibility index (Phi) is 5.37. The highest BCUT2D eigenvalue weighted by molar-refractivity contribution is 7.16. The van der Waals surface area contributed by atoms with Crippen molar-refractivity contribution in [2.45, 2.75) is 0 Å². The Labute approximate surface area is 190 Å². The highest BCUT2D eigenvalue weighted by atomic mass is 32.1. The first-order valence-electron chi connectivity index (χ1n) is 9.95. The normalized spacial score (nSPS) is 11.3. The zero-order valence-corrected chi connectivity index (χ0v) is 17.8. The van der Waals surface area contributed by atoms with E-state index in [2.05, 4.69) is 20.4 Å². The SMILES string of the molecule is O=C(/C=C/c1ccc(-c2ccccc2F)s1)Nc1ccccc1-n1ncc2c(=O)[nH]cnc21. The topological polar surface area (TPSA) is 92.7 Å². The summed E-state index contributed by atoms with van der Waals surface area (Å²) in [6, 6.07) is 17.3. The van der Waals surface area contributed by atoms with Gasteiger partial charge >= 0.3 is 0 Å². The van der Waals surface area contributed by atoms with Gasteiger partial charge in [0.1, 0.15) is 11.2 Å². The van der Waals surface area contributed by atoms with Crippen molar-refractivity contribution in [3.05, 3.63) is 100 Å². The number of nitrogens with one attached hydrogen (secondary N) is 2. The number of carbonyl (C=O) groups is 1. The number of hydrogen-bond donors (Lipinski definition) is 2. The number of H-pyrrole nitrogens is 1. The molecule has 0 unspecified atom stereocenters. The molecule has 3 heterocycles. The minimum absolute atomic E-state index is 0.285. The number of fused-ring (bicyclic) bond motifs is 1. The van der Waals surface area contributed by atoms with Crippen molar-refractivity contribution >= 4 is 40.0 Å². The van der Waals surface area contributed by atoms with E-state index in [1.54, 1.807) is 48.5 Å². The molecule has 0 bridgehead atoms. The fraction of sp³-hybridized carbons (Fsp3) is 0. The fourth-order valence-electron chi connectivity index (χ4n) is 3.38. The van der Waals surface area contributed by atoms with Crippen molar-refractivity contribution in [3.63, 3.8) is 0 Å². The first kappa shape index (κ1) is 20.5. The lowest BCUT2D eigenvalue weighted by atomic mass is 10.2. The van der Waals surface area contributed by atoms with Crippen molar-refractivity contribution in [1.29, 1.82) is 0 Å². The molecule has 0 atom stereocenters. The van der Waals surface area contributed by atoms with E-state index in [0.717, 1.165) is 9.75 Å². The second-order valence-corrected chi connectivity index (χ2v) is 8.16. The lowest BCUT2D eigenvalue weighted by Crippen LogP contribution is -2.12. The number of benzene rings is 2. The molecule has 9 heteroatoms. The van der Waals surface area contributed by atoms with Crippen LogP contribution in [0.2, 0.25) is 0 Å². The van der Waals surface area contributed by atoms with Gasteiger partial charge in [-0.05, 0) is 36.4 Å². The third-order valence-corrected chi connectivity index (χ3v) is 6.01. The van der Waals surface area contributed by atoms with Crippen LogP contribution in [0.4, 0.5) is 10.1 Å². The zero-order chi connectivity index (χ0) is 22.8. The minimum Gasteiger partial charge on any atom is -0.321 e. The van der Waals surface area contributed by atoms with Crippen LogP contribution in [0.25, 0.3) is 33.2 Å². The van der Waals surface area contributed by atoms with Crippen LogP contribution in [-0.2, 0) is 4.79 Å². The van der Waals surface area contributed by atoms with Crippen LogP contribution < -0.4 is 10.9 Å². The van der Waals surface area contributed by atoms with Crippen LogP contribution in [0.5, 0.6) is 0 Å². The number of aromatic nitrogens is 4. The van der Waals surface area contributed by atoms with E-state index in [1.165, 1.54) is 40.7 Å². The van der Waals surface area contributed by atoms with Gasteiger partial charge in [0.05, 0.1) is 23.9 Å². The Morgan fingerprint density at radius 3 is 2.79 bits per heavy atom. The quantitative estimate of drug-likeness (QED) is 0.377. The molecule has 0 saturated heterocycles. The van der Waals surface area contributed by atoms with E-state index in [9.17, 15) is 14.0 Å². The van der Waals surface area contributed by atoms with Crippen molar-refractivity contribution < 1.29 is 9.18 Å². The van der Waals surface area contributed by atoms with E-state index >= 15 is 0 Å². The van der Waals surface area contributed by atoms with Crippen LogP contribution in [0.1, 0.15) is 4.88 Å². The summed E-state index contributed by atoms with van der Waals surface area (Å²) in [4.78, 5) is 32.9. The summed E-state index contributed by atoms with van der Waals surface area (Å²) in [5.74, 6) is -0.627.